The van der Waals surface area contributed by atoms with Crippen molar-refractivity contribution in [2.24, 2.45) is 11.1 Å². The summed E-state index contributed by atoms with van der Waals surface area (Å²) in [6.07, 6.45) is 13.2. The molecule has 2 heteroatoms. The molecule has 0 heterocycles. The summed E-state index contributed by atoms with van der Waals surface area (Å²) < 4.78 is 1.19. The maximum atomic E-state index is 5.62. The van der Waals surface area contributed by atoms with Crippen LogP contribution < -0.4 is 5.73 Å². The van der Waals surface area contributed by atoms with Crippen LogP contribution in [0.3, 0.4) is 0 Å². The Morgan fingerprint density at radius 1 is 1.53 bits per heavy atom. The second-order valence-corrected chi connectivity index (χ2v) is 5.23. The Kier molecular flexibility index (Phi) is 2.98. The molecule has 0 amide bonds. The molecule has 0 aromatic rings. The fourth-order valence-electron chi connectivity index (χ4n) is 2.18. The molecule has 0 saturated heterocycles. The third-order valence-electron chi connectivity index (χ3n) is 3.11. The van der Waals surface area contributed by atoms with Gasteiger partial charge in [0.05, 0.1) is 0 Å². The van der Waals surface area contributed by atoms with E-state index >= 15 is 0 Å². The van der Waals surface area contributed by atoms with Gasteiger partial charge in [0.25, 0.3) is 0 Å². The second kappa shape index (κ2) is 4.11. The van der Waals surface area contributed by atoms with Crippen molar-refractivity contribution in [3.63, 3.8) is 0 Å². The monoisotopic (exact) mass is 265 g/mol. The number of halogens is 1. The lowest BCUT2D eigenvalue weighted by molar-refractivity contribution is 0.520. The van der Waals surface area contributed by atoms with Gasteiger partial charge in [-0.2, -0.15) is 0 Å². The zero-order valence-electron chi connectivity index (χ0n) is 8.96. The van der Waals surface area contributed by atoms with E-state index in [1.807, 2.05) is 0 Å². The van der Waals surface area contributed by atoms with Gasteiger partial charge in [-0.05, 0) is 36.6 Å². The van der Waals surface area contributed by atoms with Crippen LogP contribution in [0.4, 0.5) is 0 Å². The standard InChI is InChI=1S/C13H16BrN/c1-13-6-3-2-4-11(13)8-12(14)10(9-13)5-7-15/h2-4,8-9H,5-7,15H2,1H3. The van der Waals surface area contributed by atoms with Crippen LogP contribution in [0, 0.1) is 5.41 Å². The minimum absolute atomic E-state index is 0.177. The third-order valence-corrected chi connectivity index (χ3v) is 3.85. The van der Waals surface area contributed by atoms with Crippen LogP contribution in [0.2, 0.25) is 0 Å². The van der Waals surface area contributed by atoms with Crippen LogP contribution in [-0.2, 0) is 0 Å². The topological polar surface area (TPSA) is 26.0 Å². The maximum absolute atomic E-state index is 5.62. The van der Waals surface area contributed by atoms with Crippen LogP contribution in [0.1, 0.15) is 19.8 Å². The Bertz CT molecular complexity index is 387. The van der Waals surface area contributed by atoms with Gasteiger partial charge in [-0.25, -0.2) is 0 Å². The highest BCUT2D eigenvalue weighted by atomic mass is 79.9. The molecule has 1 nitrogen and oxygen atoms in total. The molecule has 1 unspecified atom stereocenters. The predicted molar refractivity (Wildman–Crippen MR) is 68.7 cm³/mol. The Morgan fingerprint density at radius 2 is 2.33 bits per heavy atom. The molecular formula is C13H16BrN. The molecule has 0 spiro atoms. The smallest absolute Gasteiger partial charge is 0.0207 e. The van der Waals surface area contributed by atoms with E-state index in [0.29, 0.717) is 6.54 Å². The summed E-state index contributed by atoms with van der Waals surface area (Å²) in [5, 5.41) is 0. The van der Waals surface area contributed by atoms with Gasteiger partial charge < -0.3 is 5.73 Å². The van der Waals surface area contributed by atoms with Gasteiger partial charge in [0.15, 0.2) is 0 Å². The van der Waals surface area contributed by atoms with Crippen molar-refractivity contribution in [1.82, 2.24) is 0 Å². The minimum Gasteiger partial charge on any atom is -0.330 e. The van der Waals surface area contributed by atoms with Gasteiger partial charge in [-0.15, -0.1) is 0 Å². The van der Waals surface area contributed by atoms with E-state index in [1.54, 1.807) is 0 Å². The molecule has 2 N–H and O–H groups in total. The highest BCUT2D eigenvalue weighted by Crippen LogP contribution is 2.44. The number of fused-ring (bicyclic) bond motifs is 1. The molecule has 2 rings (SSSR count). The van der Waals surface area contributed by atoms with Crippen LogP contribution >= 0.6 is 15.9 Å². The van der Waals surface area contributed by atoms with E-state index in [0.717, 1.165) is 12.8 Å². The van der Waals surface area contributed by atoms with E-state index in [1.165, 1.54) is 15.6 Å². The average Bonchev–Trinajstić information content (AvgIpc) is 2.20. The quantitative estimate of drug-likeness (QED) is 0.814. The van der Waals surface area contributed by atoms with Crippen molar-refractivity contribution >= 4 is 15.9 Å². The van der Waals surface area contributed by atoms with Crippen LogP contribution in [-0.4, -0.2) is 6.54 Å². The average molecular weight is 266 g/mol. The molecule has 2 aliphatic carbocycles. The summed E-state index contributed by atoms with van der Waals surface area (Å²) in [6, 6.07) is 0. The first-order valence-corrected chi connectivity index (χ1v) is 6.12. The van der Waals surface area contributed by atoms with E-state index < -0.39 is 0 Å². The molecule has 0 saturated carbocycles. The molecule has 1 atom stereocenters. The minimum atomic E-state index is 0.177. The Labute approximate surface area is 99.6 Å². The first-order valence-electron chi connectivity index (χ1n) is 5.32. The summed E-state index contributed by atoms with van der Waals surface area (Å²) in [6.45, 7) is 2.99. The van der Waals surface area contributed by atoms with Crippen LogP contribution in [0.15, 0.2) is 46.0 Å². The molecule has 0 aromatic carbocycles. The zero-order chi connectivity index (χ0) is 10.9. The number of nitrogens with two attached hydrogens (primary N) is 1. The second-order valence-electron chi connectivity index (χ2n) is 4.37. The predicted octanol–water partition coefficient (Wildman–Crippen LogP) is 3.45. The Morgan fingerprint density at radius 3 is 3.07 bits per heavy atom. The molecule has 0 radical (unpaired) electrons. The highest BCUT2D eigenvalue weighted by Gasteiger charge is 2.29. The van der Waals surface area contributed by atoms with Crippen LogP contribution in [0.5, 0.6) is 0 Å². The Hall–Kier alpha value is -0.600. The molecular weight excluding hydrogens is 250 g/mol. The lowest BCUT2D eigenvalue weighted by Crippen LogP contribution is -2.21. The highest BCUT2D eigenvalue weighted by molar-refractivity contribution is 9.12. The van der Waals surface area contributed by atoms with Gasteiger partial charge in [-0.3, -0.25) is 0 Å². The number of hydrogen-bond acceptors (Lipinski definition) is 1. The van der Waals surface area contributed by atoms with Gasteiger partial charge in [0.1, 0.15) is 0 Å². The van der Waals surface area contributed by atoms with E-state index in [4.69, 9.17) is 5.73 Å². The first-order chi connectivity index (χ1) is 7.15. The van der Waals surface area contributed by atoms with E-state index in [-0.39, 0.29) is 5.41 Å². The molecule has 2 aliphatic rings. The van der Waals surface area contributed by atoms with Crippen molar-refractivity contribution in [1.29, 1.82) is 0 Å². The van der Waals surface area contributed by atoms with Gasteiger partial charge in [0.2, 0.25) is 0 Å². The lowest BCUT2D eigenvalue weighted by atomic mass is 9.72. The van der Waals surface area contributed by atoms with E-state index in [9.17, 15) is 0 Å². The largest absolute Gasteiger partial charge is 0.330 e. The van der Waals surface area contributed by atoms with Crippen molar-refractivity contribution in [2.75, 3.05) is 6.54 Å². The summed E-state index contributed by atoms with van der Waals surface area (Å²) in [5.74, 6) is 0. The van der Waals surface area contributed by atoms with Gasteiger partial charge in [-0.1, -0.05) is 47.2 Å². The normalized spacial score (nSPS) is 29.1. The number of rotatable bonds is 2. The fraction of sp³-hybridized carbons (Fsp3) is 0.385. The SMILES string of the molecule is CC12C=C(CCN)C(Br)=CC1=CC=CC2. The van der Waals surface area contributed by atoms with E-state index in [2.05, 4.69) is 53.2 Å². The Balaban J connectivity index is 2.37. The van der Waals surface area contributed by atoms with Crippen molar-refractivity contribution < 1.29 is 0 Å². The summed E-state index contributed by atoms with van der Waals surface area (Å²) in [7, 11) is 0. The van der Waals surface area contributed by atoms with Gasteiger partial charge in [0, 0.05) is 9.90 Å². The molecule has 0 fully saturated rings. The number of hydrogen-bond donors (Lipinski definition) is 1. The molecule has 0 bridgehead atoms. The molecule has 0 aliphatic heterocycles. The molecule has 15 heavy (non-hydrogen) atoms. The number of allylic oxidation sites excluding steroid dienone is 7. The van der Waals surface area contributed by atoms with Crippen molar-refractivity contribution in [2.45, 2.75) is 19.8 Å². The van der Waals surface area contributed by atoms with Gasteiger partial charge >= 0.3 is 0 Å². The van der Waals surface area contributed by atoms with Crippen LogP contribution in [0.25, 0.3) is 0 Å². The third kappa shape index (κ3) is 2.01. The maximum Gasteiger partial charge on any atom is 0.0207 e. The first kappa shape index (κ1) is 10.9. The zero-order valence-corrected chi connectivity index (χ0v) is 10.5. The molecule has 80 valence electrons. The molecule has 0 aromatic heterocycles. The van der Waals surface area contributed by atoms with Crippen molar-refractivity contribution in [3.05, 3.63) is 46.0 Å². The summed E-state index contributed by atoms with van der Waals surface area (Å²) in [4.78, 5) is 0. The lowest BCUT2D eigenvalue weighted by Gasteiger charge is -2.33. The summed E-state index contributed by atoms with van der Waals surface area (Å²) >= 11 is 3.61. The fourth-order valence-corrected chi connectivity index (χ4v) is 2.74. The van der Waals surface area contributed by atoms with Crippen molar-refractivity contribution in [3.8, 4) is 0 Å². The summed E-state index contributed by atoms with van der Waals surface area (Å²) in [5.41, 5.74) is 8.52.